The highest BCUT2D eigenvalue weighted by Gasteiger charge is 2.14. The molecule has 1 atom stereocenters. The highest BCUT2D eigenvalue weighted by molar-refractivity contribution is 9.10. The zero-order valence-electron chi connectivity index (χ0n) is 14.3. The maximum Gasteiger partial charge on any atom is 0.310 e. The molecule has 0 radical (unpaired) electrons. The molecule has 0 bridgehead atoms. The maximum absolute atomic E-state index is 12.0. The average molecular weight is 415 g/mol. The molecule has 6 heteroatoms. The fraction of sp³-hybridized carbons (Fsp3) is 0.200. The first-order valence-corrected chi connectivity index (χ1v) is 9.07. The van der Waals surface area contributed by atoms with Gasteiger partial charge in [-0.3, -0.25) is 9.59 Å². The van der Waals surface area contributed by atoms with Crippen LogP contribution in [-0.4, -0.2) is 23.5 Å². The minimum atomic E-state index is -0.429. The van der Waals surface area contributed by atoms with Gasteiger partial charge in [0.05, 0.1) is 12.5 Å². The summed E-state index contributed by atoms with van der Waals surface area (Å²) in [5.41, 5.74) is 2.80. The number of carbonyl (C=O) groups excluding carboxylic acids is 2. The molecule has 0 unspecified atom stereocenters. The lowest BCUT2D eigenvalue weighted by Crippen LogP contribution is -2.31. The molecule has 0 aliphatic carbocycles. The molecule has 1 heterocycles. The van der Waals surface area contributed by atoms with Crippen molar-refractivity contribution in [3.8, 4) is 0 Å². The van der Waals surface area contributed by atoms with Crippen LogP contribution in [0, 0.1) is 0 Å². The smallest absolute Gasteiger partial charge is 0.310 e. The van der Waals surface area contributed by atoms with Crippen molar-refractivity contribution in [2.45, 2.75) is 19.4 Å². The summed E-state index contributed by atoms with van der Waals surface area (Å²) < 4.78 is 6.09. The van der Waals surface area contributed by atoms with Crippen LogP contribution in [0.15, 0.2) is 59.2 Å². The van der Waals surface area contributed by atoms with Crippen LogP contribution in [0.5, 0.6) is 0 Å². The highest BCUT2D eigenvalue weighted by Crippen LogP contribution is 2.18. The van der Waals surface area contributed by atoms with Crippen molar-refractivity contribution >= 4 is 38.7 Å². The van der Waals surface area contributed by atoms with Crippen LogP contribution < -0.4 is 5.32 Å². The summed E-state index contributed by atoms with van der Waals surface area (Å²) in [5, 5.41) is 3.81. The van der Waals surface area contributed by atoms with Crippen molar-refractivity contribution in [1.82, 2.24) is 10.3 Å². The number of fused-ring (bicyclic) bond motifs is 1. The molecule has 0 aliphatic rings. The Morgan fingerprint density at radius 2 is 1.88 bits per heavy atom. The van der Waals surface area contributed by atoms with Crippen LogP contribution in [-0.2, 0) is 20.7 Å². The molecule has 2 N–H and O–H groups in total. The monoisotopic (exact) mass is 414 g/mol. The van der Waals surface area contributed by atoms with Gasteiger partial charge in [-0.15, -0.1) is 0 Å². The summed E-state index contributed by atoms with van der Waals surface area (Å²) in [6.07, 6.45) is 1.92. The molecule has 1 aromatic heterocycles. The molecule has 3 rings (SSSR count). The number of ether oxygens (including phenoxy) is 1. The van der Waals surface area contributed by atoms with Crippen LogP contribution in [0.25, 0.3) is 10.9 Å². The van der Waals surface area contributed by atoms with Crippen molar-refractivity contribution in [1.29, 1.82) is 0 Å². The number of H-pyrrole nitrogens is 1. The number of aromatic amines is 1. The number of amides is 1. The van der Waals surface area contributed by atoms with Crippen molar-refractivity contribution < 1.29 is 14.3 Å². The van der Waals surface area contributed by atoms with Gasteiger partial charge in [-0.2, -0.15) is 0 Å². The van der Waals surface area contributed by atoms with E-state index in [0.29, 0.717) is 0 Å². The van der Waals surface area contributed by atoms with E-state index in [1.807, 2.05) is 55.5 Å². The standard InChI is InChI=1S/C20H19BrN2O3/c1-13(14-6-8-16(21)9-7-14)23-19(24)12-26-20(25)10-15-11-22-18-5-3-2-4-17(15)18/h2-9,11,13,22H,10,12H2,1H3,(H,23,24)/t13-/m0/s1. The second-order valence-electron chi connectivity index (χ2n) is 6.04. The second kappa shape index (κ2) is 8.19. The third-order valence-corrected chi connectivity index (χ3v) is 4.65. The number of hydrogen-bond donors (Lipinski definition) is 2. The molecule has 0 fully saturated rings. The average Bonchev–Trinajstić information content (AvgIpc) is 3.03. The van der Waals surface area contributed by atoms with E-state index in [1.165, 1.54) is 0 Å². The van der Waals surface area contributed by atoms with Crippen LogP contribution >= 0.6 is 15.9 Å². The lowest BCUT2D eigenvalue weighted by Gasteiger charge is -2.14. The number of nitrogens with one attached hydrogen (secondary N) is 2. The Hall–Kier alpha value is -2.60. The van der Waals surface area contributed by atoms with E-state index in [9.17, 15) is 9.59 Å². The van der Waals surface area contributed by atoms with Gasteiger partial charge < -0.3 is 15.0 Å². The lowest BCUT2D eigenvalue weighted by molar-refractivity contribution is -0.148. The van der Waals surface area contributed by atoms with E-state index in [2.05, 4.69) is 26.2 Å². The van der Waals surface area contributed by atoms with Gasteiger partial charge in [0.2, 0.25) is 0 Å². The molecule has 1 amide bonds. The Bertz CT molecular complexity index is 918. The summed E-state index contributed by atoms with van der Waals surface area (Å²) in [5.74, 6) is -0.756. The number of halogens is 1. The minimum Gasteiger partial charge on any atom is -0.455 e. The molecule has 0 saturated carbocycles. The van der Waals surface area contributed by atoms with Crippen molar-refractivity contribution in [2.24, 2.45) is 0 Å². The van der Waals surface area contributed by atoms with Crippen LogP contribution in [0.2, 0.25) is 0 Å². The first kappa shape index (κ1) is 18.2. The Morgan fingerprint density at radius 3 is 2.65 bits per heavy atom. The zero-order valence-corrected chi connectivity index (χ0v) is 15.9. The molecule has 134 valence electrons. The van der Waals surface area contributed by atoms with Crippen LogP contribution in [0.1, 0.15) is 24.1 Å². The van der Waals surface area contributed by atoms with Gasteiger partial charge in [0.15, 0.2) is 6.61 Å². The second-order valence-corrected chi connectivity index (χ2v) is 6.95. The maximum atomic E-state index is 12.0. The lowest BCUT2D eigenvalue weighted by atomic mass is 10.1. The largest absolute Gasteiger partial charge is 0.455 e. The number of hydrogen-bond acceptors (Lipinski definition) is 3. The third kappa shape index (κ3) is 4.52. The predicted molar refractivity (Wildman–Crippen MR) is 104 cm³/mol. The first-order valence-electron chi connectivity index (χ1n) is 8.28. The fourth-order valence-corrected chi connectivity index (χ4v) is 3.01. The molecule has 0 saturated heterocycles. The molecular weight excluding hydrogens is 396 g/mol. The molecule has 0 aliphatic heterocycles. The summed E-state index contributed by atoms with van der Waals surface area (Å²) in [7, 11) is 0. The Morgan fingerprint density at radius 1 is 1.15 bits per heavy atom. The molecule has 0 spiro atoms. The summed E-state index contributed by atoms with van der Waals surface area (Å²) in [4.78, 5) is 27.2. The number of carbonyl (C=O) groups is 2. The van der Waals surface area contributed by atoms with E-state index in [0.717, 1.165) is 26.5 Å². The molecule has 2 aromatic carbocycles. The topological polar surface area (TPSA) is 71.2 Å². The van der Waals surface area contributed by atoms with Gasteiger partial charge in [0.25, 0.3) is 5.91 Å². The number of aromatic nitrogens is 1. The number of para-hydroxylation sites is 1. The van der Waals surface area contributed by atoms with Gasteiger partial charge in [-0.05, 0) is 36.2 Å². The van der Waals surface area contributed by atoms with Crippen molar-refractivity contribution in [3.63, 3.8) is 0 Å². The number of benzene rings is 2. The molecule has 5 nitrogen and oxygen atoms in total. The Labute approximate surface area is 159 Å². The van der Waals surface area contributed by atoms with Gasteiger partial charge in [0.1, 0.15) is 0 Å². The number of esters is 1. The third-order valence-electron chi connectivity index (χ3n) is 4.12. The summed E-state index contributed by atoms with van der Waals surface area (Å²) >= 11 is 3.38. The van der Waals surface area contributed by atoms with Crippen LogP contribution in [0.3, 0.4) is 0 Å². The molecule has 3 aromatic rings. The van der Waals surface area contributed by atoms with E-state index >= 15 is 0 Å². The van der Waals surface area contributed by atoms with Crippen molar-refractivity contribution in [3.05, 3.63) is 70.3 Å². The quantitative estimate of drug-likeness (QED) is 0.600. The number of rotatable bonds is 6. The Kier molecular flexibility index (Phi) is 5.73. The fourth-order valence-electron chi connectivity index (χ4n) is 2.75. The van der Waals surface area contributed by atoms with E-state index in [-0.39, 0.29) is 25.0 Å². The summed E-state index contributed by atoms with van der Waals surface area (Å²) in [6, 6.07) is 15.3. The van der Waals surface area contributed by atoms with Gasteiger partial charge >= 0.3 is 5.97 Å². The summed E-state index contributed by atoms with van der Waals surface area (Å²) in [6.45, 7) is 1.59. The van der Waals surface area contributed by atoms with E-state index in [4.69, 9.17) is 4.74 Å². The van der Waals surface area contributed by atoms with E-state index < -0.39 is 5.97 Å². The highest BCUT2D eigenvalue weighted by atomic mass is 79.9. The van der Waals surface area contributed by atoms with Gasteiger partial charge in [-0.1, -0.05) is 46.3 Å². The normalized spacial score (nSPS) is 11.9. The van der Waals surface area contributed by atoms with Crippen LogP contribution in [0.4, 0.5) is 0 Å². The first-order chi connectivity index (χ1) is 12.5. The zero-order chi connectivity index (χ0) is 18.5. The van der Waals surface area contributed by atoms with E-state index in [1.54, 1.807) is 6.20 Å². The Balaban J connectivity index is 1.49. The minimum absolute atomic E-state index is 0.125. The van der Waals surface area contributed by atoms with Gasteiger partial charge in [0, 0.05) is 21.6 Å². The van der Waals surface area contributed by atoms with Gasteiger partial charge in [-0.25, -0.2) is 0 Å². The molecular formula is C20H19BrN2O3. The molecule has 26 heavy (non-hydrogen) atoms. The predicted octanol–water partition coefficient (Wildman–Crippen LogP) is 3.89. The van der Waals surface area contributed by atoms with Crippen molar-refractivity contribution in [2.75, 3.05) is 6.61 Å². The SMILES string of the molecule is C[C@H](NC(=O)COC(=O)Cc1c[nH]c2ccccc12)c1ccc(Br)cc1.